The molecule has 1 unspecified atom stereocenters. The monoisotopic (exact) mass is 773 g/mol. The molecule has 4 rings (SSSR count). The molecule has 0 saturated heterocycles. The van der Waals surface area contributed by atoms with E-state index in [1.807, 2.05) is 68.4 Å². The third-order valence-corrected chi connectivity index (χ3v) is 6.61. The topological polar surface area (TPSA) is 218 Å². The lowest BCUT2D eigenvalue weighted by Gasteiger charge is -2.21. The highest BCUT2D eigenvalue weighted by Gasteiger charge is 2.39. The van der Waals surface area contributed by atoms with Gasteiger partial charge in [0, 0.05) is 17.8 Å². The first-order chi connectivity index (χ1) is 25.2. The van der Waals surface area contributed by atoms with Gasteiger partial charge in [-0.2, -0.15) is 31.0 Å². The summed E-state index contributed by atoms with van der Waals surface area (Å²) < 4.78 is 82.1. The molecule has 21 heteroatoms. The fourth-order valence-corrected chi connectivity index (χ4v) is 4.09. The number of likely N-dealkylation sites (N-methyl/N-ethyl adjacent to an activating group) is 1. The summed E-state index contributed by atoms with van der Waals surface area (Å²) in [5.41, 5.74) is 7.87. The van der Waals surface area contributed by atoms with Gasteiger partial charge in [0.1, 0.15) is 29.9 Å². The SMILES string of the molecule is CCOc1cc(C(Nc2ccc(C(=N)N)cc2)c2nn(-c3ccccc3OC)c(=O)[nH]2)ccc1OCCN(C)C.O=C(O)C(F)(F)F.O=C(O)C(F)(F)F. The third-order valence-electron chi connectivity index (χ3n) is 6.61. The molecule has 0 bridgehead atoms. The molecule has 294 valence electrons. The van der Waals surface area contributed by atoms with E-state index in [0.717, 1.165) is 17.8 Å². The number of para-hydroxylation sites is 2. The highest BCUT2D eigenvalue weighted by Crippen LogP contribution is 2.34. The Bertz CT molecular complexity index is 1890. The van der Waals surface area contributed by atoms with Crippen molar-refractivity contribution in [1.29, 1.82) is 5.41 Å². The van der Waals surface area contributed by atoms with Crippen LogP contribution in [0.2, 0.25) is 0 Å². The zero-order valence-corrected chi connectivity index (χ0v) is 29.1. The number of aliphatic carboxylic acids is 2. The summed E-state index contributed by atoms with van der Waals surface area (Å²) in [5.74, 6) is -3.41. The van der Waals surface area contributed by atoms with E-state index in [1.54, 1.807) is 31.4 Å². The summed E-state index contributed by atoms with van der Waals surface area (Å²) in [5, 5.41) is 30.0. The lowest BCUT2D eigenvalue weighted by Crippen LogP contribution is -2.21. The van der Waals surface area contributed by atoms with Gasteiger partial charge in [0.25, 0.3) is 0 Å². The first kappa shape index (κ1) is 43.9. The number of nitrogens with zero attached hydrogens (tertiary/aromatic N) is 3. The minimum Gasteiger partial charge on any atom is -0.494 e. The smallest absolute Gasteiger partial charge is 0.490 e. The number of carboxylic acids is 2. The van der Waals surface area contributed by atoms with Gasteiger partial charge in [-0.25, -0.2) is 14.4 Å². The van der Waals surface area contributed by atoms with E-state index in [2.05, 4.69) is 15.4 Å². The quantitative estimate of drug-likeness (QED) is 0.0621. The highest BCUT2D eigenvalue weighted by atomic mass is 19.4. The van der Waals surface area contributed by atoms with Crippen LogP contribution >= 0.6 is 0 Å². The molecule has 0 radical (unpaired) electrons. The number of carboxylic acid groups (broad SMARTS) is 2. The van der Waals surface area contributed by atoms with Crippen molar-refractivity contribution in [2.75, 3.05) is 46.3 Å². The zero-order chi connectivity index (χ0) is 40.8. The maximum absolute atomic E-state index is 13.1. The van der Waals surface area contributed by atoms with Crippen LogP contribution in [0.3, 0.4) is 0 Å². The number of anilines is 1. The van der Waals surface area contributed by atoms with E-state index >= 15 is 0 Å². The first-order valence-corrected chi connectivity index (χ1v) is 15.4. The summed E-state index contributed by atoms with van der Waals surface area (Å²) >= 11 is 0. The normalized spacial score (nSPS) is 11.6. The van der Waals surface area contributed by atoms with Crippen LogP contribution in [-0.2, 0) is 9.59 Å². The van der Waals surface area contributed by atoms with Gasteiger partial charge in [-0.3, -0.25) is 10.4 Å². The van der Waals surface area contributed by atoms with E-state index in [1.165, 1.54) is 4.68 Å². The number of methoxy groups -OCH3 is 1. The Hall–Kier alpha value is -6.25. The predicted molar refractivity (Wildman–Crippen MR) is 183 cm³/mol. The molecule has 0 spiro atoms. The molecule has 1 heterocycles. The van der Waals surface area contributed by atoms with Gasteiger partial charge in [-0.1, -0.05) is 18.2 Å². The molecule has 0 amide bonds. The van der Waals surface area contributed by atoms with Gasteiger partial charge in [0.05, 0.1) is 13.7 Å². The number of H-pyrrole nitrogens is 1. The number of rotatable bonds is 13. The Kier molecular flexibility index (Phi) is 15.9. The number of hydrogen-bond acceptors (Lipinski definition) is 10. The minimum atomic E-state index is -5.08. The van der Waals surface area contributed by atoms with Crippen LogP contribution in [0.15, 0.2) is 71.5 Å². The van der Waals surface area contributed by atoms with Crippen molar-refractivity contribution in [2.24, 2.45) is 5.73 Å². The van der Waals surface area contributed by atoms with Gasteiger partial charge in [0.2, 0.25) is 0 Å². The summed E-state index contributed by atoms with van der Waals surface area (Å²) in [7, 11) is 5.52. The van der Waals surface area contributed by atoms with E-state index < -0.39 is 36.0 Å². The van der Waals surface area contributed by atoms with Crippen LogP contribution in [0.4, 0.5) is 32.0 Å². The molecular weight excluding hydrogens is 736 g/mol. The van der Waals surface area contributed by atoms with Crippen molar-refractivity contribution in [3.8, 4) is 22.9 Å². The van der Waals surface area contributed by atoms with Crippen LogP contribution in [-0.4, -0.2) is 101 Å². The maximum Gasteiger partial charge on any atom is 0.490 e. The molecule has 1 aromatic heterocycles. The Morgan fingerprint density at radius 2 is 1.52 bits per heavy atom. The van der Waals surface area contributed by atoms with Gasteiger partial charge in [-0.15, -0.1) is 5.10 Å². The van der Waals surface area contributed by atoms with Crippen molar-refractivity contribution in [3.05, 3.63) is 94.2 Å². The molecule has 0 fully saturated rings. The van der Waals surface area contributed by atoms with Crippen molar-refractivity contribution < 1.29 is 60.4 Å². The Balaban J connectivity index is 0.000000610. The number of carbonyl (C=O) groups is 2. The van der Waals surface area contributed by atoms with Crippen molar-refractivity contribution in [1.82, 2.24) is 19.7 Å². The second-order valence-corrected chi connectivity index (χ2v) is 10.9. The second-order valence-electron chi connectivity index (χ2n) is 10.9. The molecular formula is C33H37F6N7O8. The average molecular weight is 774 g/mol. The van der Waals surface area contributed by atoms with E-state index in [0.29, 0.717) is 47.5 Å². The van der Waals surface area contributed by atoms with E-state index in [9.17, 15) is 31.1 Å². The van der Waals surface area contributed by atoms with Crippen LogP contribution in [0.1, 0.15) is 29.9 Å². The summed E-state index contributed by atoms with van der Waals surface area (Å²) in [4.78, 5) is 35.8. The molecule has 3 aromatic carbocycles. The number of aromatic nitrogens is 3. The standard InChI is InChI=1S/C29H35N7O4.2C2HF3O2/c1-5-39-25-18-20(12-15-24(25)40-17-16-35(2)3)26(32-21-13-10-19(11-14-21)27(30)31)28-33-29(37)36(34-28)22-8-6-7-9-23(22)38-4;2*3-2(4,5)1(6)7/h6-15,18,26,32H,5,16-17H2,1-4H3,(H3,30,31)(H,33,34,37);2*(H,6,7). The third kappa shape index (κ3) is 13.4. The van der Waals surface area contributed by atoms with Crippen LogP contribution < -0.4 is 31.0 Å². The van der Waals surface area contributed by atoms with Crippen LogP contribution in [0.5, 0.6) is 17.2 Å². The summed E-state index contributed by atoms with van der Waals surface area (Å²) in [6, 6.07) is 19.4. The molecule has 0 saturated carbocycles. The Morgan fingerprint density at radius 3 is 2.02 bits per heavy atom. The number of hydrogen-bond donors (Lipinski definition) is 6. The minimum absolute atomic E-state index is 0.0193. The van der Waals surface area contributed by atoms with Gasteiger partial charge in [0.15, 0.2) is 17.3 Å². The molecule has 54 heavy (non-hydrogen) atoms. The molecule has 15 nitrogen and oxygen atoms in total. The molecule has 0 aliphatic rings. The second kappa shape index (κ2) is 19.5. The van der Waals surface area contributed by atoms with E-state index in [4.69, 9.17) is 45.2 Å². The Morgan fingerprint density at radius 1 is 0.944 bits per heavy atom. The first-order valence-electron chi connectivity index (χ1n) is 15.4. The van der Waals surface area contributed by atoms with E-state index in [-0.39, 0.29) is 5.84 Å². The lowest BCUT2D eigenvalue weighted by atomic mass is 10.0. The van der Waals surface area contributed by atoms with Crippen LogP contribution in [0.25, 0.3) is 5.69 Å². The summed E-state index contributed by atoms with van der Waals surface area (Å²) in [6.45, 7) is 3.63. The molecule has 7 N–H and O–H groups in total. The molecule has 0 aliphatic heterocycles. The molecule has 1 atom stereocenters. The van der Waals surface area contributed by atoms with Gasteiger partial charge < -0.3 is 40.4 Å². The van der Waals surface area contributed by atoms with Crippen LogP contribution in [0, 0.1) is 5.41 Å². The number of benzene rings is 3. The van der Waals surface area contributed by atoms with Crippen molar-refractivity contribution in [3.63, 3.8) is 0 Å². The predicted octanol–water partition coefficient (Wildman–Crippen LogP) is 4.66. The molecule has 0 aliphatic carbocycles. The van der Waals surface area contributed by atoms with Gasteiger partial charge >= 0.3 is 30.0 Å². The van der Waals surface area contributed by atoms with Crippen molar-refractivity contribution >= 4 is 23.5 Å². The average Bonchev–Trinajstić information content (AvgIpc) is 3.48. The fraction of sp³-hybridized carbons (Fsp3) is 0.303. The Labute approximate surface area is 303 Å². The largest absolute Gasteiger partial charge is 0.494 e. The maximum atomic E-state index is 13.1. The number of ether oxygens (including phenoxy) is 3. The number of aromatic amines is 1. The number of nitrogen functional groups attached to an aromatic ring is 1. The number of nitrogens with one attached hydrogen (secondary N) is 3. The summed E-state index contributed by atoms with van der Waals surface area (Å²) in [6.07, 6.45) is -10.2. The number of nitrogens with two attached hydrogens (primary N) is 1. The number of halogens is 6. The zero-order valence-electron chi connectivity index (χ0n) is 29.1. The lowest BCUT2D eigenvalue weighted by molar-refractivity contribution is -0.193. The van der Waals surface area contributed by atoms with Gasteiger partial charge in [-0.05, 0) is 75.1 Å². The number of amidine groups is 1. The highest BCUT2D eigenvalue weighted by molar-refractivity contribution is 5.95. The van der Waals surface area contributed by atoms with Crippen molar-refractivity contribution in [2.45, 2.75) is 25.3 Å². The number of alkyl halides is 6. The molecule has 4 aromatic rings. The fourth-order valence-electron chi connectivity index (χ4n) is 4.09.